The van der Waals surface area contributed by atoms with Crippen molar-refractivity contribution in [1.29, 1.82) is 0 Å². The van der Waals surface area contributed by atoms with E-state index < -0.39 is 133 Å². The molecule has 0 aromatic heterocycles. The standard InChI is InChI=1S/C72H134N2O22P2/c1-7-12-17-22-25-28-30-35-39-44-57(76)52-62(78)73-65-69(89-50-48-56(75)43-38-33-20-15-10-4)67(81)60(93-72(65)96-98(85,86)87)55-91-71-66(74-63(79)53-58(77)45-40-36-31-29-26-23-18-13-8-2)70(68(95-97(82,83)84)61(94-71)54-88-6)90-51-49-59(46-41-34-21-16-11-5)92-64(80)47-42-37-32-27-24-19-14-9-3/h27,32,56,59-61,65-72,75,81H,7-26,28-31,33-55H2,1-6H3,(H,73,78)(H,74,79)(H2,82,83,84)(H2,85,86,87)/b32-27+/t56?,59-,60-,61+,65+,66+,67+,68+,69+,70+,71+,72-/m0/s1. The highest BCUT2D eigenvalue weighted by Gasteiger charge is 2.53. The predicted molar refractivity (Wildman–Crippen MR) is 376 cm³/mol. The highest BCUT2D eigenvalue weighted by Crippen LogP contribution is 2.44. The number of allylic oxidation sites excluding steroid dienone is 2. The van der Waals surface area contributed by atoms with E-state index in [0.717, 1.165) is 167 Å². The second-order valence-corrected chi connectivity index (χ2v) is 29.5. The Labute approximate surface area is 588 Å². The van der Waals surface area contributed by atoms with Gasteiger partial charge in [-0.05, 0) is 64.2 Å². The summed E-state index contributed by atoms with van der Waals surface area (Å²) in [4.78, 5) is 110. The first-order valence-electron chi connectivity index (χ1n) is 38.0. The van der Waals surface area contributed by atoms with E-state index in [4.69, 9.17) is 42.2 Å². The van der Waals surface area contributed by atoms with Gasteiger partial charge in [-0.3, -0.25) is 33.0 Å². The lowest BCUT2D eigenvalue weighted by Crippen LogP contribution is -2.67. The van der Waals surface area contributed by atoms with Crippen LogP contribution in [0, 0.1) is 0 Å². The molecule has 2 amide bonds. The molecule has 0 aromatic carbocycles. The zero-order valence-electron chi connectivity index (χ0n) is 60.9. The summed E-state index contributed by atoms with van der Waals surface area (Å²) in [6, 6.07) is -3.26. The number of phosphoric acid groups is 2. The summed E-state index contributed by atoms with van der Waals surface area (Å²) in [5.41, 5.74) is 0. The molecule has 574 valence electrons. The first-order valence-corrected chi connectivity index (χ1v) is 41.1. The summed E-state index contributed by atoms with van der Waals surface area (Å²) in [6.45, 7) is 9.05. The third-order valence-electron chi connectivity index (χ3n) is 18.0. The number of ketones is 2. The fourth-order valence-corrected chi connectivity index (χ4v) is 13.5. The molecular weight excluding hydrogens is 1310 g/mol. The van der Waals surface area contributed by atoms with Crippen LogP contribution >= 0.6 is 15.6 Å². The zero-order chi connectivity index (χ0) is 72.2. The minimum absolute atomic E-state index is 0.0549. The van der Waals surface area contributed by atoms with Gasteiger partial charge in [-0.2, -0.15) is 0 Å². The quantitative estimate of drug-likeness (QED) is 0.00922. The van der Waals surface area contributed by atoms with E-state index in [0.29, 0.717) is 38.5 Å². The molecule has 0 spiro atoms. The molecule has 8 N–H and O–H groups in total. The minimum Gasteiger partial charge on any atom is -0.462 e. The summed E-state index contributed by atoms with van der Waals surface area (Å²) >= 11 is 0. The molecule has 98 heavy (non-hydrogen) atoms. The van der Waals surface area contributed by atoms with Crippen LogP contribution in [0.3, 0.4) is 0 Å². The van der Waals surface area contributed by atoms with Crippen LogP contribution in [0.2, 0.25) is 0 Å². The molecule has 0 aliphatic carbocycles. The monoisotopic (exact) mass is 1440 g/mol. The summed E-state index contributed by atoms with van der Waals surface area (Å²) in [5, 5.41) is 28.7. The lowest BCUT2D eigenvalue weighted by atomic mass is 9.95. The number of amides is 2. The lowest BCUT2D eigenvalue weighted by molar-refractivity contribution is -0.301. The number of esters is 1. The van der Waals surface area contributed by atoms with Gasteiger partial charge in [0, 0.05) is 39.4 Å². The molecule has 0 bridgehead atoms. The van der Waals surface area contributed by atoms with E-state index in [1.165, 1.54) is 32.8 Å². The van der Waals surface area contributed by atoms with Crippen molar-refractivity contribution in [2.75, 3.05) is 33.5 Å². The van der Waals surface area contributed by atoms with E-state index in [1.807, 2.05) is 0 Å². The predicted octanol–water partition coefficient (Wildman–Crippen LogP) is 13.6. The maximum absolute atomic E-state index is 14.3. The molecule has 2 fully saturated rings. The van der Waals surface area contributed by atoms with Gasteiger partial charge in [0.1, 0.15) is 66.4 Å². The summed E-state index contributed by atoms with van der Waals surface area (Å²) < 4.78 is 79.7. The zero-order valence-corrected chi connectivity index (χ0v) is 62.7. The second kappa shape index (κ2) is 56.8. The Morgan fingerprint density at radius 3 is 1.39 bits per heavy atom. The van der Waals surface area contributed by atoms with E-state index in [2.05, 4.69) is 57.4 Å². The highest BCUT2D eigenvalue weighted by atomic mass is 31.2. The minimum atomic E-state index is -5.51. The molecule has 0 radical (unpaired) electrons. The topological polar surface area (TPSA) is 348 Å². The fourth-order valence-electron chi connectivity index (χ4n) is 12.5. The van der Waals surface area contributed by atoms with Crippen molar-refractivity contribution in [3.8, 4) is 0 Å². The Morgan fingerprint density at radius 1 is 0.459 bits per heavy atom. The molecule has 24 nitrogen and oxygen atoms in total. The number of ether oxygens (including phenoxy) is 7. The van der Waals surface area contributed by atoms with Gasteiger partial charge in [0.05, 0.1) is 38.8 Å². The summed E-state index contributed by atoms with van der Waals surface area (Å²) in [6.07, 6.45) is 22.5. The largest absolute Gasteiger partial charge is 0.472 e. The maximum Gasteiger partial charge on any atom is 0.472 e. The number of carbonyl (C=O) groups excluding carboxylic acids is 5. The number of unbranched alkanes of at least 4 members (excludes halogenated alkanes) is 28. The number of carbonyl (C=O) groups is 5. The number of Topliss-reactive ketones (excluding diaryl/α,β-unsaturated/α-hetero) is 2. The molecule has 12 atom stereocenters. The molecule has 1 unspecified atom stereocenters. The Kier molecular flexibility index (Phi) is 53.0. The van der Waals surface area contributed by atoms with Crippen molar-refractivity contribution in [1.82, 2.24) is 10.6 Å². The average molecular weight is 1440 g/mol. The number of phosphoric ester groups is 2. The number of hydrogen-bond acceptors (Lipinski definition) is 18. The SMILES string of the molecule is CCCCC/C=C/CCCC(=O)O[C@@H](CCCCCCC)CCO[C@@H]1[C@@H](NC(=O)CC(=O)CCCCCCCCCCC)[C@H](OC[C@@H]2O[C@@H](OP(=O)(O)O)[C@H](NC(=O)CC(=O)CCCCCCCCCCC)[C@@H](OCCC(O)CCCCCCC)[C@@H]2O)O[C@H](COC)[C@H]1OP(=O)(O)O. The van der Waals surface area contributed by atoms with Crippen LogP contribution in [0.1, 0.15) is 311 Å². The van der Waals surface area contributed by atoms with Gasteiger partial charge >= 0.3 is 21.6 Å². The molecule has 2 aliphatic heterocycles. The number of methoxy groups -OCH3 is 1. The Hall–Kier alpha value is -2.61. The van der Waals surface area contributed by atoms with E-state index >= 15 is 0 Å². The van der Waals surface area contributed by atoms with Gasteiger partial charge in [-0.15, -0.1) is 0 Å². The molecule has 2 saturated heterocycles. The van der Waals surface area contributed by atoms with Crippen molar-refractivity contribution in [2.45, 2.75) is 384 Å². The highest BCUT2D eigenvalue weighted by molar-refractivity contribution is 7.46. The number of aliphatic hydroxyl groups is 2. The third kappa shape index (κ3) is 44.8. The molecule has 26 heteroatoms. The lowest BCUT2D eigenvalue weighted by Gasteiger charge is -2.47. The van der Waals surface area contributed by atoms with Crippen molar-refractivity contribution in [3.63, 3.8) is 0 Å². The number of hydrogen-bond donors (Lipinski definition) is 8. The third-order valence-corrected chi connectivity index (χ3v) is 19.0. The average Bonchev–Trinajstić information content (AvgIpc) is 0.790. The smallest absolute Gasteiger partial charge is 0.462 e. The number of rotatable bonds is 64. The van der Waals surface area contributed by atoms with Crippen LogP contribution in [0.15, 0.2) is 12.2 Å². The van der Waals surface area contributed by atoms with Gasteiger partial charge in [0.2, 0.25) is 11.8 Å². The summed E-state index contributed by atoms with van der Waals surface area (Å²) in [5.74, 6) is -2.86. The van der Waals surface area contributed by atoms with E-state index in [1.54, 1.807) is 0 Å². The maximum atomic E-state index is 14.3. The van der Waals surface area contributed by atoms with Crippen LogP contribution < -0.4 is 10.6 Å². The van der Waals surface area contributed by atoms with Crippen LogP contribution in [-0.2, 0) is 75.3 Å². The van der Waals surface area contributed by atoms with Gasteiger partial charge in [0.15, 0.2) is 12.6 Å². The number of nitrogens with one attached hydrogen (secondary N) is 2. The van der Waals surface area contributed by atoms with Crippen molar-refractivity contribution in [2.24, 2.45) is 0 Å². The summed E-state index contributed by atoms with van der Waals surface area (Å²) in [7, 11) is -9.64. The van der Waals surface area contributed by atoms with Crippen molar-refractivity contribution in [3.05, 3.63) is 12.2 Å². The van der Waals surface area contributed by atoms with E-state index in [9.17, 15) is 62.9 Å². The van der Waals surface area contributed by atoms with Crippen LogP contribution in [-0.4, -0.2) is 166 Å². The number of aliphatic hydroxyl groups excluding tert-OH is 2. The molecular formula is C72H134N2O22P2. The molecule has 2 aliphatic rings. The van der Waals surface area contributed by atoms with E-state index in [-0.39, 0.29) is 56.9 Å². The van der Waals surface area contributed by atoms with Gasteiger partial charge in [0.25, 0.3) is 0 Å². The van der Waals surface area contributed by atoms with Gasteiger partial charge in [-0.1, -0.05) is 220 Å². The van der Waals surface area contributed by atoms with Gasteiger partial charge < -0.3 is 73.6 Å². The van der Waals surface area contributed by atoms with Crippen LogP contribution in [0.5, 0.6) is 0 Å². The molecule has 0 saturated carbocycles. The first kappa shape index (κ1) is 91.5. The Morgan fingerprint density at radius 2 is 0.888 bits per heavy atom. The van der Waals surface area contributed by atoms with Crippen molar-refractivity contribution >= 4 is 45.0 Å². The normalized spacial score (nSPS) is 22.1. The van der Waals surface area contributed by atoms with Gasteiger partial charge in [-0.25, -0.2) is 9.13 Å². The Balaban J connectivity index is 2.64. The fraction of sp³-hybridized carbons (Fsp3) is 0.903. The Bertz CT molecular complexity index is 2210. The van der Waals surface area contributed by atoms with Crippen LogP contribution in [0.25, 0.3) is 0 Å². The van der Waals surface area contributed by atoms with Crippen LogP contribution in [0.4, 0.5) is 0 Å². The molecule has 0 aromatic rings. The molecule has 2 heterocycles. The second-order valence-electron chi connectivity index (χ2n) is 27.1. The first-order chi connectivity index (χ1) is 47.1. The molecule has 2 rings (SSSR count). The van der Waals surface area contributed by atoms with Crippen molar-refractivity contribution < 1.29 is 105 Å².